The minimum atomic E-state index is -0.190. The molecule has 0 aromatic heterocycles. The lowest BCUT2D eigenvalue weighted by atomic mass is 9.73. The highest BCUT2D eigenvalue weighted by Gasteiger charge is 2.38. The summed E-state index contributed by atoms with van der Waals surface area (Å²) in [4.78, 5) is 4.88. The van der Waals surface area contributed by atoms with Crippen molar-refractivity contribution in [1.29, 1.82) is 0 Å². The van der Waals surface area contributed by atoms with Gasteiger partial charge in [-0.1, -0.05) is 184 Å². The van der Waals surface area contributed by atoms with Gasteiger partial charge in [-0.2, -0.15) is 0 Å². The summed E-state index contributed by atoms with van der Waals surface area (Å²) in [5.74, 6) is 0. The van der Waals surface area contributed by atoms with Crippen LogP contribution in [0.1, 0.15) is 25.0 Å². The van der Waals surface area contributed by atoms with E-state index in [0.29, 0.717) is 0 Å². The minimum absolute atomic E-state index is 0.190. The van der Waals surface area contributed by atoms with Crippen LogP contribution in [0.15, 0.2) is 218 Å². The molecule has 1 aliphatic rings. The zero-order valence-corrected chi connectivity index (χ0v) is 32.2. The first kappa shape index (κ1) is 34.3. The molecule has 0 saturated heterocycles. The Morgan fingerprint density at radius 3 is 1.54 bits per heavy atom. The Labute approximate surface area is 335 Å². The molecule has 10 rings (SSSR count). The van der Waals surface area contributed by atoms with E-state index in [0.717, 1.165) is 22.6 Å². The zero-order valence-electron chi connectivity index (χ0n) is 32.2. The van der Waals surface area contributed by atoms with Crippen LogP contribution in [0.2, 0.25) is 0 Å². The fourth-order valence-electron chi connectivity index (χ4n) is 8.75. The summed E-state index contributed by atoms with van der Waals surface area (Å²) in [6.07, 6.45) is 0. The Balaban J connectivity index is 1.14. The average Bonchev–Trinajstić information content (AvgIpc) is 3.28. The molecule has 9 aromatic carbocycles. The number of fused-ring (bicyclic) bond motifs is 3. The average molecular weight is 731 g/mol. The molecule has 0 N–H and O–H groups in total. The maximum Gasteiger partial charge on any atom is 0.0618 e. The van der Waals surface area contributed by atoms with Crippen LogP contribution in [-0.2, 0) is 5.41 Å². The normalized spacial score (nSPS) is 12.8. The van der Waals surface area contributed by atoms with Gasteiger partial charge < -0.3 is 9.80 Å². The molecule has 0 bridgehead atoms. The minimum Gasteiger partial charge on any atom is -0.311 e. The summed E-state index contributed by atoms with van der Waals surface area (Å²) in [7, 11) is 0. The van der Waals surface area contributed by atoms with Gasteiger partial charge in [0.05, 0.1) is 17.1 Å². The summed E-state index contributed by atoms with van der Waals surface area (Å²) in [5.41, 5.74) is 16.5. The lowest BCUT2D eigenvalue weighted by Gasteiger charge is -2.43. The van der Waals surface area contributed by atoms with E-state index in [1.807, 2.05) is 0 Å². The van der Waals surface area contributed by atoms with E-state index in [4.69, 9.17) is 0 Å². The molecular formula is C55H42N2. The first-order valence-corrected chi connectivity index (χ1v) is 19.8. The van der Waals surface area contributed by atoms with Gasteiger partial charge in [0.2, 0.25) is 0 Å². The van der Waals surface area contributed by atoms with Crippen LogP contribution >= 0.6 is 0 Å². The molecule has 9 aromatic rings. The highest BCUT2D eigenvalue weighted by atomic mass is 15.2. The fraction of sp³-hybridized carbons (Fsp3) is 0.0545. The molecule has 1 aliphatic heterocycles. The van der Waals surface area contributed by atoms with Crippen molar-refractivity contribution < 1.29 is 0 Å². The largest absolute Gasteiger partial charge is 0.311 e. The molecule has 0 atom stereocenters. The van der Waals surface area contributed by atoms with E-state index in [9.17, 15) is 0 Å². The monoisotopic (exact) mass is 730 g/mol. The highest BCUT2D eigenvalue weighted by Crippen LogP contribution is 2.55. The Kier molecular flexibility index (Phi) is 8.53. The van der Waals surface area contributed by atoms with Gasteiger partial charge in [-0.25, -0.2) is 0 Å². The Morgan fingerprint density at radius 1 is 0.368 bits per heavy atom. The van der Waals surface area contributed by atoms with Crippen molar-refractivity contribution in [2.75, 3.05) is 9.80 Å². The number of para-hydroxylation sites is 2. The van der Waals surface area contributed by atoms with E-state index in [1.54, 1.807) is 0 Å². The lowest BCUT2D eigenvalue weighted by Crippen LogP contribution is -2.31. The Bertz CT molecular complexity index is 2840. The van der Waals surface area contributed by atoms with E-state index in [-0.39, 0.29) is 5.41 Å². The second kappa shape index (κ2) is 14.2. The number of benzene rings is 9. The van der Waals surface area contributed by atoms with Crippen LogP contribution in [0.25, 0.3) is 44.2 Å². The second-order valence-electron chi connectivity index (χ2n) is 15.4. The summed E-state index contributed by atoms with van der Waals surface area (Å²) >= 11 is 0. The third-order valence-corrected chi connectivity index (χ3v) is 11.6. The molecule has 0 fully saturated rings. The number of rotatable bonds is 7. The van der Waals surface area contributed by atoms with Gasteiger partial charge in [-0.15, -0.1) is 0 Å². The van der Waals surface area contributed by atoms with Crippen molar-refractivity contribution in [1.82, 2.24) is 0 Å². The van der Waals surface area contributed by atoms with E-state index in [1.165, 1.54) is 66.8 Å². The molecule has 1 heterocycles. The van der Waals surface area contributed by atoms with Crippen LogP contribution < -0.4 is 9.80 Å². The van der Waals surface area contributed by atoms with Gasteiger partial charge in [0.25, 0.3) is 0 Å². The standard InChI is InChI=1S/C55H42N2/c1-55(2)50-24-14-15-25-52(50)57(53-38-44(31-37-51(53)55)40-18-8-4-9-19-40)54-48-23-13-12-20-42(48)30-36-49(54)43-28-34-47(35-29-43)56(45-21-10-5-11-22-45)46-32-26-41(27-33-46)39-16-6-3-7-17-39/h3-38H,1-2H3. The van der Waals surface area contributed by atoms with Gasteiger partial charge >= 0.3 is 0 Å². The topological polar surface area (TPSA) is 6.48 Å². The molecule has 57 heavy (non-hydrogen) atoms. The van der Waals surface area contributed by atoms with Crippen molar-refractivity contribution in [2.45, 2.75) is 19.3 Å². The van der Waals surface area contributed by atoms with Gasteiger partial charge in [-0.3, -0.25) is 0 Å². The summed E-state index contributed by atoms with van der Waals surface area (Å²) in [6, 6.07) is 79.3. The van der Waals surface area contributed by atoms with Crippen LogP contribution in [0.3, 0.4) is 0 Å². The fourth-order valence-corrected chi connectivity index (χ4v) is 8.75. The number of hydrogen-bond donors (Lipinski definition) is 0. The maximum atomic E-state index is 2.54. The van der Waals surface area contributed by atoms with E-state index in [2.05, 4.69) is 242 Å². The third kappa shape index (κ3) is 6.07. The van der Waals surface area contributed by atoms with Crippen molar-refractivity contribution >= 4 is 44.9 Å². The van der Waals surface area contributed by atoms with Crippen molar-refractivity contribution in [3.8, 4) is 33.4 Å². The molecule has 2 heteroatoms. The SMILES string of the molecule is CC1(C)c2ccccc2N(c2c(-c3ccc(N(c4ccccc4)c4ccc(-c5ccccc5)cc4)cc3)ccc3ccccc23)c2cc(-c3ccccc3)ccc21. The molecule has 0 radical (unpaired) electrons. The van der Waals surface area contributed by atoms with Crippen molar-refractivity contribution in [3.05, 3.63) is 230 Å². The molecular weight excluding hydrogens is 689 g/mol. The molecule has 0 spiro atoms. The smallest absolute Gasteiger partial charge is 0.0618 e. The Hall–Kier alpha value is -7.16. The van der Waals surface area contributed by atoms with E-state index < -0.39 is 0 Å². The second-order valence-corrected chi connectivity index (χ2v) is 15.4. The van der Waals surface area contributed by atoms with Crippen molar-refractivity contribution in [2.24, 2.45) is 0 Å². The number of hydrogen-bond acceptors (Lipinski definition) is 2. The molecule has 272 valence electrons. The summed E-state index contributed by atoms with van der Waals surface area (Å²) in [6.45, 7) is 4.72. The predicted octanol–water partition coefficient (Wildman–Crippen LogP) is 15.4. The van der Waals surface area contributed by atoms with Crippen LogP contribution in [-0.4, -0.2) is 0 Å². The number of anilines is 6. The first-order chi connectivity index (χ1) is 28.0. The van der Waals surface area contributed by atoms with Gasteiger partial charge in [0.15, 0.2) is 0 Å². The molecule has 0 unspecified atom stereocenters. The van der Waals surface area contributed by atoms with Gasteiger partial charge in [0, 0.05) is 33.4 Å². The Morgan fingerprint density at radius 2 is 0.860 bits per heavy atom. The van der Waals surface area contributed by atoms with Gasteiger partial charge in [-0.05, 0) is 92.9 Å². The third-order valence-electron chi connectivity index (χ3n) is 11.6. The molecule has 0 saturated carbocycles. The summed E-state index contributed by atoms with van der Waals surface area (Å²) in [5, 5.41) is 2.43. The van der Waals surface area contributed by atoms with Crippen LogP contribution in [0.4, 0.5) is 34.1 Å². The highest BCUT2D eigenvalue weighted by molar-refractivity contribution is 6.08. The first-order valence-electron chi connectivity index (χ1n) is 19.8. The summed E-state index contributed by atoms with van der Waals surface area (Å²) < 4.78 is 0. The molecule has 2 nitrogen and oxygen atoms in total. The van der Waals surface area contributed by atoms with Crippen LogP contribution in [0.5, 0.6) is 0 Å². The van der Waals surface area contributed by atoms with Crippen LogP contribution in [0, 0.1) is 0 Å². The van der Waals surface area contributed by atoms with E-state index >= 15 is 0 Å². The van der Waals surface area contributed by atoms with Gasteiger partial charge in [0.1, 0.15) is 0 Å². The molecule has 0 amide bonds. The zero-order chi connectivity index (χ0) is 38.3. The lowest BCUT2D eigenvalue weighted by molar-refractivity contribution is 0.632. The van der Waals surface area contributed by atoms with Crippen molar-refractivity contribution in [3.63, 3.8) is 0 Å². The quantitative estimate of drug-likeness (QED) is 0.161. The maximum absolute atomic E-state index is 2.54. The molecule has 0 aliphatic carbocycles. The predicted molar refractivity (Wildman–Crippen MR) is 242 cm³/mol. The number of nitrogens with zero attached hydrogens (tertiary/aromatic N) is 2.